The Labute approximate surface area is 108 Å². The molecule has 0 amide bonds. The standard InChI is InChI=1S/C13H8N5O/c1-19-11-5-3-2-4-10(11)13-16-12-7-15-9(6-14)8-18(12)17-13/h2-3,5,7-8H,1H3. The van der Waals surface area contributed by atoms with E-state index in [9.17, 15) is 0 Å². The summed E-state index contributed by atoms with van der Waals surface area (Å²) in [7, 11) is 1.58. The number of fused-ring (bicyclic) bond motifs is 1. The second-order valence-electron chi connectivity index (χ2n) is 3.74. The van der Waals surface area contributed by atoms with Crippen LogP contribution in [0.25, 0.3) is 17.0 Å². The third kappa shape index (κ3) is 1.87. The van der Waals surface area contributed by atoms with E-state index in [1.807, 2.05) is 18.2 Å². The summed E-state index contributed by atoms with van der Waals surface area (Å²) in [5.41, 5.74) is 1.52. The highest BCUT2D eigenvalue weighted by Gasteiger charge is 2.11. The molecule has 6 heteroatoms. The van der Waals surface area contributed by atoms with Crippen LogP contribution < -0.4 is 4.74 Å². The van der Waals surface area contributed by atoms with Crippen LogP contribution in [0.2, 0.25) is 0 Å². The van der Waals surface area contributed by atoms with E-state index in [1.54, 1.807) is 13.2 Å². The first-order valence-corrected chi connectivity index (χ1v) is 5.49. The minimum absolute atomic E-state index is 0.285. The van der Waals surface area contributed by atoms with Crippen molar-refractivity contribution in [1.82, 2.24) is 19.6 Å². The van der Waals surface area contributed by atoms with Crippen LogP contribution in [-0.4, -0.2) is 26.7 Å². The molecule has 0 saturated heterocycles. The molecule has 0 unspecified atom stereocenters. The van der Waals surface area contributed by atoms with Crippen LogP contribution in [0.5, 0.6) is 5.75 Å². The lowest BCUT2D eigenvalue weighted by Crippen LogP contribution is -1.92. The number of benzene rings is 1. The van der Waals surface area contributed by atoms with Crippen molar-refractivity contribution in [3.8, 4) is 23.2 Å². The van der Waals surface area contributed by atoms with Crippen molar-refractivity contribution in [2.45, 2.75) is 0 Å². The number of hydrogen-bond acceptors (Lipinski definition) is 5. The SMILES string of the molecule is COc1ccc[c]c1-c1nc2cnc(C#N)cn2n1. The normalized spacial score (nSPS) is 10.3. The van der Waals surface area contributed by atoms with E-state index in [2.05, 4.69) is 21.1 Å². The van der Waals surface area contributed by atoms with E-state index in [0.717, 1.165) is 0 Å². The second kappa shape index (κ2) is 4.38. The number of aromatic nitrogens is 4. The zero-order valence-corrected chi connectivity index (χ0v) is 10.0. The second-order valence-corrected chi connectivity index (χ2v) is 3.74. The van der Waals surface area contributed by atoms with Crippen LogP contribution in [0.15, 0.2) is 30.6 Å². The first-order chi connectivity index (χ1) is 9.31. The molecule has 0 saturated carbocycles. The first-order valence-electron chi connectivity index (χ1n) is 5.49. The van der Waals surface area contributed by atoms with E-state index in [1.165, 1.54) is 16.9 Å². The molecule has 0 N–H and O–H groups in total. The van der Waals surface area contributed by atoms with Crippen LogP contribution in [-0.2, 0) is 0 Å². The van der Waals surface area contributed by atoms with Gasteiger partial charge in [-0.25, -0.2) is 14.5 Å². The summed E-state index contributed by atoms with van der Waals surface area (Å²) in [6.45, 7) is 0. The Kier molecular flexibility index (Phi) is 2.58. The average Bonchev–Trinajstić information content (AvgIpc) is 2.89. The van der Waals surface area contributed by atoms with Crippen molar-refractivity contribution in [3.05, 3.63) is 42.4 Å². The van der Waals surface area contributed by atoms with Crippen LogP contribution in [0.4, 0.5) is 0 Å². The van der Waals surface area contributed by atoms with Gasteiger partial charge < -0.3 is 4.74 Å². The molecule has 0 aliphatic carbocycles. The van der Waals surface area contributed by atoms with Gasteiger partial charge in [0.1, 0.15) is 11.8 Å². The molecule has 3 aromatic rings. The zero-order valence-electron chi connectivity index (χ0n) is 10.0. The summed E-state index contributed by atoms with van der Waals surface area (Å²) in [4.78, 5) is 8.28. The zero-order chi connectivity index (χ0) is 13.2. The van der Waals surface area contributed by atoms with Gasteiger partial charge in [-0.15, -0.1) is 5.10 Å². The Morgan fingerprint density at radius 3 is 3.16 bits per heavy atom. The third-order valence-corrected chi connectivity index (χ3v) is 2.60. The number of rotatable bonds is 2. The molecule has 2 aromatic heterocycles. The molecule has 19 heavy (non-hydrogen) atoms. The molecular formula is C13H8N5O. The van der Waals surface area contributed by atoms with Crippen molar-refractivity contribution in [3.63, 3.8) is 0 Å². The maximum Gasteiger partial charge on any atom is 0.186 e. The van der Waals surface area contributed by atoms with Crippen LogP contribution in [0, 0.1) is 17.4 Å². The smallest absolute Gasteiger partial charge is 0.186 e. The van der Waals surface area contributed by atoms with Gasteiger partial charge in [0.15, 0.2) is 17.2 Å². The fourth-order valence-electron chi connectivity index (χ4n) is 1.72. The van der Waals surface area contributed by atoms with E-state index in [4.69, 9.17) is 10.00 Å². The van der Waals surface area contributed by atoms with Crippen molar-refractivity contribution < 1.29 is 4.74 Å². The van der Waals surface area contributed by atoms with Crippen molar-refractivity contribution in [2.24, 2.45) is 0 Å². The van der Waals surface area contributed by atoms with Gasteiger partial charge in [0.25, 0.3) is 0 Å². The summed E-state index contributed by atoms with van der Waals surface area (Å²) < 4.78 is 6.77. The van der Waals surface area contributed by atoms with Crippen molar-refractivity contribution >= 4 is 5.65 Å². The predicted molar refractivity (Wildman–Crippen MR) is 66.3 cm³/mol. The van der Waals surface area contributed by atoms with Gasteiger partial charge in [-0.1, -0.05) is 12.1 Å². The lowest BCUT2D eigenvalue weighted by molar-refractivity contribution is 0.416. The Morgan fingerprint density at radius 1 is 1.47 bits per heavy atom. The molecule has 2 heterocycles. The fraction of sp³-hybridized carbons (Fsp3) is 0.0769. The van der Waals surface area contributed by atoms with Gasteiger partial charge >= 0.3 is 0 Å². The molecule has 0 aliphatic heterocycles. The minimum Gasteiger partial charge on any atom is -0.496 e. The van der Waals surface area contributed by atoms with Gasteiger partial charge in [0.05, 0.1) is 25.1 Å². The van der Waals surface area contributed by atoms with E-state index >= 15 is 0 Å². The van der Waals surface area contributed by atoms with Crippen LogP contribution in [0.1, 0.15) is 5.69 Å². The number of nitriles is 1. The number of ether oxygens (including phenoxy) is 1. The predicted octanol–water partition coefficient (Wildman–Crippen LogP) is 1.47. The van der Waals surface area contributed by atoms with Gasteiger partial charge in [-0.05, 0) is 12.1 Å². The van der Waals surface area contributed by atoms with E-state index < -0.39 is 0 Å². The molecule has 0 aliphatic rings. The van der Waals surface area contributed by atoms with Gasteiger partial charge in [-0.3, -0.25) is 0 Å². The minimum atomic E-state index is 0.285. The summed E-state index contributed by atoms with van der Waals surface area (Å²) in [6, 6.07) is 10.4. The molecular weight excluding hydrogens is 242 g/mol. The average molecular weight is 250 g/mol. The summed E-state index contributed by atoms with van der Waals surface area (Å²) in [5.74, 6) is 1.13. The molecule has 1 radical (unpaired) electrons. The third-order valence-electron chi connectivity index (χ3n) is 2.60. The molecule has 0 bridgehead atoms. The van der Waals surface area contributed by atoms with Crippen molar-refractivity contribution in [1.29, 1.82) is 5.26 Å². The molecule has 1 aromatic carbocycles. The maximum absolute atomic E-state index is 8.80. The van der Waals surface area contributed by atoms with Crippen molar-refractivity contribution in [2.75, 3.05) is 7.11 Å². The largest absolute Gasteiger partial charge is 0.496 e. The maximum atomic E-state index is 8.80. The quantitative estimate of drug-likeness (QED) is 0.688. The molecule has 0 fully saturated rings. The molecule has 3 rings (SSSR count). The Morgan fingerprint density at radius 2 is 2.37 bits per heavy atom. The van der Waals surface area contributed by atoms with E-state index in [0.29, 0.717) is 22.8 Å². The van der Waals surface area contributed by atoms with E-state index in [-0.39, 0.29) is 5.69 Å². The molecule has 0 spiro atoms. The number of methoxy groups -OCH3 is 1. The Hall–Kier alpha value is -2.94. The molecule has 6 nitrogen and oxygen atoms in total. The van der Waals surface area contributed by atoms with Gasteiger partial charge in [0, 0.05) is 0 Å². The Bertz CT molecular complexity index is 787. The highest BCUT2D eigenvalue weighted by Crippen LogP contribution is 2.26. The molecule has 0 atom stereocenters. The lowest BCUT2D eigenvalue weighted by Gasteiger charge is -2.02. The van der Waals surface area contributed by atoms with Gasteiger partial charge in [-0.2, -0.15) is 5.26 Å². The monoisotopic (exact) mass is 250 g/mol. The summed E-state index contributed by atoms with van der Waals surface area (Å²) in [6.07, 6.45) is 3.03. The summed E-state index contributed by atoms with van der Waals surface area (Å²) in [5, 5.41) is 13.1. The molecule has 91 valence electrons. The van der Waals surface area contributed by atoms with Gasteiger partial charge in [0.2, 0.25) is 0 Å². The van der Waals surface area contributed by atoms with Crippen LogP contribution >= 0.6 is 0 Å². The number of nitrogens with zero attached hydrogens (tertiary/aromatic N) is 5. The lowest BCUT2D eigenvalue weighted by atomic mass is 10.2. The summed E-state index contributed by atoms with van der Waals surface area (Å²) >= 11 is 0. The number of hydrogen-bond donors (Lipinski definition) is 0. The first kappa shape index (κ1) is 11.2. The fourth-order valence-corrected chi connectivity index (χ4v) is 1.72. The van der Waals surface area contributed by atoms with Crippen LogP contribution in [0.3, 0.4) is 0 Å². The Balaban J connectivity index is 2.18. The highest BCUT2D eigenvalue weighted by atomic mass is 16.5. The highest BCUT2D eigenvalue weighted by molar-refractivity contribution is 5.64. The topological polar surface area (TPSA) is 76.1 Å².